The van der Waals surface area contributed by atoms with E-state index in [1.54, 1.807) is 7.11 Å². The molecule has 2 atom stereocenters. The van der Waals surface area contributed by atoms with E-state index >= 15 is 0 Å². The SMILES string of the molecule is COc1ccc(NC(=O)N2CC[C@H]3CNC[C@H]32)c(C)c1.Cl. The topological polar surface area (TPSA) is 53.6 Å². The molecule has 2 fully saturated rings. The molecule has 2 aliphatic heterocycles. The van der Waals surface area contributed by atoms with Gasteiger partial charge in [-0.3, -0.25) is 0 Å². The summed E-state index contributed by atoms with van der Waals surface area (Å²) in [5.74, 6) is 1.43. The minimum absolute atomic E-state index is 0. The molecule has 0 bridgehead atoms. The first-order valence-corrected chi connectivity index (χ1v) is 7.12. The molecular formula is C15H22ClN3O2. The lowest BCUT2D eigenvalue weighted by Crippen LogP contribution is -2.41. The number of hydrogen-bond acceptors (Lipinski definition) is 3. The maximum absolute atomic E-state index is 12.4. The predicted molar refractivity (Wildman–Crippen MR) is 85.5 cm³/mol. The summed E-state index contributed by atoms with van der Waals surface area (Å²) in [5, 5.41) is 6.38. The van der Waals surface area contributed by atoms with E-state index in [-0.39, 0.29) is 18.4 Å². The molecular weight excluding hydrogens is 290 g/mol. The third-order valence-corrected chi connectivity index (χ3v) is 4.38. The Balaban J connectivity index is 0.00000161. The van der Waals surface area contributed by atoms with Gasteiger partial charge in [0.05, 0.1) is 7.11 Å². The third-order valence-electron chi connectivity index (χ3n) is 4.38. The molecule has 2 amide bonds. The molecule has 0 aromatic heterocycles. The summed E-state index contributed by atoms with van der Waals surface area (Å²) in [6.07, 6.45) is 1.10. The molecule has 3 rings (SSSR count). The van der Waals surface area contributed by atoms with Crippen LogP contribution in [0.25, 0.3) is 0 Å². The van der Waals surface area contributed by atoms with Crippen LogP contribution in [0.1, 0.15) is 12.0 Å². The molecule has 0 spiro atoms. The second-order valence-corrected chi connectivity index (χ2v) is 5.58. The van der Waals surface area contributed by atoms with Crippen molar-refractivity contribution in [2.45, 2.75) is 19.4 Å². The number of amides is 2. The van der Waals surface area contributed by atoms with Gasteiger partial charge in [-0.05, 0) is 43.0 Å². The average Bonchev–Trinajstić information content (AvgIpc) is 3.03. The summed E-state index contributed by atoms with van der Waals surface area (Å²) in [6.45, 7) is 4.79. The molecule has 0 radical (unpaired) electrons. The highest BCUT2D eigenvalue weighted by Gasteiger charge is 2.39. The van der Waals surface area contributed by atoms with Crippen molar-refractivity contribution in [2.75, 3.05) is 32.1 Å². The minimum Gasteiger partial charge on any atom is -0.497 e. The van der Waals surface area contributed by atoms with Crippen molar-refractivity contribution in [1.82, 2.24) is 10.2 Å². The van der Waals surface area contributed by atoms with Crippen molar-refractivity contribution < 1.29 is 9.53 Å². The van der Waals surface area contributed by atoms with E-state index in [0.29, 0.717) is 12.0 Å². The number of carbonyl (C=O) groups is 1. The quantitative estimate of drug-likeness (QED) is 0.881. The Labute approximate surface area is 131 Å². The number of aryl methyl sites for hydroxylation is 1. The summed E-state index contributed by atoms with van der Waals surface area (Å²) in [7, 11) is 1.64. The first kappa shape index (κ1) is 15.9. The van der Waals surface area contributed by atoms with Crippen LogP contribution in [0.15, 0.2) is 18.2 Å². The zero-order valence-electron chi connectivity index (χ0n) is 12.4. The molecule has 2 saturated heterocycles. The van der Waals surface area contributed by atoms with Gasteiger partial charge in [-0.2, -0.15) is 0 Å². The largest absolute Gasteiger partial charge is 0.497 e. The summed E-state index contributed by atoms with van der Waals surface area (Å²) < 4.78 is 5.18. The maximum atomic E-state index is 12.4. The first-order chi connectivity index (χ1) is 9.69. The summed E-state index contributed by atoms with van der Waals surface area (Å²) >= 11 is 0. The van der Waals surface area contributed by atoms with Gasteiger partial charge in [0.15, 0.2) is 0 Å². The minimum atomic E-state index is 0. The lowest BCUT2D eigenvalue weighted by atomic mass is 10.1. The maximum Gasteiger partial charge on any atom is 0.322 e. The molecule has 1 aromatic carbocycles. The zero-order chi connectivity index (χ0) is 14.1. The number of ether oxygens (including phenoxy) is 1. The predicted octanol–water partition coefficient (Wildman–Crippen LogP) is 2.25. The van der Waals surface area contributed by atoms with Gasteiger partial charge < -0.3 is 20.3 Å². The van der Waals surface area contributed by atoms with Crippen molar-refractivity contribution >= 4 is 24.1 Å². The molecule has 0 saturated carbocycles. The number of benzene rings is 1. The van der Waals surface area contributed by atoms with Crippen LogP contribution in [-0.2, 0) is 0 Å². The Kier molecular flexibility index (Phi) is 4.96. The van der Waals surface area contributed by atoms with Crippen LogP contribution in [-0.4, -0.2) is 43.7 Å². The molecule has 2 N–H and O–H groups in total. The molecule has 1 aromatic rings. The number of hydrogen-bond donors (Lipinski definition) is 2. The molecule has 6 heteroatoms. The van der Waals surface area contributed by atoms with Crippen molar-refractivity contribution in [1.29, 1.82) is 0 Å². The number of carbonyl (C=O) groups excluding carboxylic acids is 1. The highest BCUT2D eigenvalue weighted by Crippen LogP contribution is 2.28. The number of methoxy groups -OCH3 is 1. The highest BCUT2D eigenvalue weighted by atomic mass is 35.5. The number of nitrogens with one attached hydrogen (secondary N) is 2. The van der Waals surface area contributed by atoms with E-state index in [9.17, 15) is 4.79 Å². The molecule has 2 aliphatic rings. The molecule has 21 heavy (non-hydrogen) atoms. The fourth-order valence-corrected chi connectivity index (χ4v) is 3.19. The number of nitrogens with zero attached hydrogens (tertiary/aromatic N) is 1. The highest BCUT2D eigenvalue weighted by molar-refractivity contribution is 5.90. The van der Waals surface area contributed by atoms with Gasteiger partial charge in [0.25, 0.3) is 0 Å². The van der Waals surface area contributed by atoms with Gasteiger partial charge in [0.2, 0.25) is 0 Å². The van der Waals surface area contributed by atoms with E-state index in [0.717, 1.165) is 43.1 Å². The standard InChI is InChI=1S/C15H21N3O2.ClH/c1-10-7-12(20-2)3-4-13(10)17-15(19)18-6-5-11-8-16-9-14(11)18;/h3-4,7,11,14,16H,5-6,8-9H2,1-2H3,(H,17,19);1H/t11-,14+;/m0./s1. The Morgan fingerprint density at radius 1 is 1.43 bits per heavy atom. The number of anilines is 1. The van der Waals surface area contributed by atoms with Crippen molar-refractivity contribution in [3.8, 4) is 5.75 Å². The van der Waals surface area contributed by atoms with E-state index in [1.807, 2.05) is 30.0 Å². The fraction of sp³-hybridized carbons (Fsp3) is 0.533. The van der Waals surface area contributed by atoms with Crippen LogP contribution in [0.4, 0.5) is 10.5 Å². The Morgan fingerprint density at radius 2 is 2.24 bits per heavy atom. The van der Waals surface area contributed by atoms with Crippen LogP contribution in [0.3, 0.4) is 0 Å². The summed E-state index contributed by atoms with van der Waals surface area (Å²) in [5.41, 5.74) is 1.86. The Morgan fingerprint density at radius 3 is 2.95 bits per heavy atom. The molecule has 2 heterocycles. The van der Waals surface area contributed by atoms with Crippen LogP contribution in [0, 0.1) is 12.8 Å². The van der Waals surface area contributed by atoms with Gasteiger partial charge in [0, 0.05) is 31.4 Å². The van der Waals surface area contributed by atoms with Crippen molar-refractivity contribution in [3.05, 3.63) is 23.8 Å². The third kappa shape index (κ3) is 3.09. The second-order valence-electron chi connectivity index (χ2n) is 5.58. The number of urea groups is 1. The molecule has 0 unspecified atom stereocenters. The number of halogens is 1. The van der Waals surface area contributed by atoms with Crippen LogP contribution < -0.4 is 15.4 Å². The zero-order valence-corrected chi connectivity index (χ0v) is 13.2. The smallest absolute Gasteiger partial charge is 0.322 e. The van der Waals surface area contributed by atoms with Gasteiger partial charge in [-0.25, -0.2) is 4.79 Å². The van der Waals surface area contributed by atoms with Gasteiger partial charge in [-0.1, -0.05) is 0 Å². The van der Waals surface area contributed by atoms with Gasteiger partial charge in [0.1, 0.15) is 5.75 Å². The summed E-state index contributed by atoms with van der Waals surface area (Å²) in [6, 6.07) is 6.06. The van der Waals surface area contributed by atoms with Gasteiger partial charge in [-0.15, -0.1) is 12.4 Å². The van der Waals surface area contributed by atoms with Crippen LogP contribution >= 0.6 is 12.4 Å². The number of likely N-dealkylation sites (tertiary alicyclic amines) is 1. The van der Waals surface area contributed by atoms with Crippen LogP contribution in [0.2, 0.25) is 0 Å². The van der Waals surface area contributed by atoms with Crippen LogP contribution in [0.5, 0.6) is 5.75 Å². The second kappa shape index (κ2) is 6.54. The lowest BCUT2D eigenvalue weighted by molar-refractivity contribution is 0.206. The lowest BCUT2D eigenvalue weighted by Gasteiger charge is -2.24. The molecule has 0 aliphatic carbocycles. The Bertz CT molecular complexity index is 524. The number of fused-ring (bicyclic) bond motifs is 1. The number of rotatable bonds is 2. The Hall–Kier alpha value is -1.46. The van der Waals surface area contributed by atoms with E-state index < -0.39 is 0 Å². The summed E-state index contributed by atoms with van der Waals surface area (Å²) in [4.78, 5) is 14.4. The van der Waals surface area contributed by atoms with E-state index in [1.165, 1.54) is 0 Å². The average molecular weight is 312 g/mol. The van der Waals surface area contributed by atoms with Crippen molar-refractivity contribution in [3.63, 3.8) is 0 Å². The normalized spacial score (nSPS) is 23.4. The first-order valence-electron chi connectivity index (χ1n) is 7.12. The van der Waals surface area contributed by atoms with Crippen molar-refractivity contribution in [2.24, 2.45) is 5.92 Å². The van der Waals surface area contributed by atoms with Gasteiger partial charge >= 0.3 is 6.03 Å². The molecule has 5 nitrogen and oxygen atoms in total. The molecule has 116 valence electrons. The monoisotopic (exact) mass is 311 g/mol. The fourth-order valence-electron chi connectivity index (χ4n) is 3.19. The van der Waals surface area contributed by atoms with E-state index in [2.05, 4.69) is 10.6 Å². The van der Waals surface area contributed by atoms with E-state index in [4.69, 9.17) is 4.74 Å².